The van der Waals surface area contributed by atoms with Crippen LogP contribution in [0.5, 0.6) is 0 Å². The molecule has 2 N–H and O–H groups in total. The molecule has 0 fully saturated rings. The first-order valence-electron chi connectivity index (χ1n) is 6.39. The van der Waals surface area contributed by atoms with Gasteiger partial charge >= 0.3 is 5.97 Å². The van der Waals surface area contributed by atoms with Gasteiger partial charge in [-0.2, -0.15) is 0 Å². The highest BCUT2D eigenvalue weighted by Gasteiger charge is 2.32. The normalized spacial score (nSPS) is 12.9. The fourth-order valence-corrected chi connectivity index (χ4v) is 1.39. The fraction of sp³-hybridized carbons (Fsp3) is 0.714. The maximum Gasteiger partial charge on any atom is 0.314 e. The Morgan fingerprint density at radius 2 is 1.89 bits per heavy atom. The van der Waals surface area contributed by atoms with Crippen LogP contribution in [0.2, 0.25) is 0 Å². The van der Waals surface area contributed by atoms with Crippen LogP contribution in [0, 0.1) is 11.3 Å². The van der Waals surface area contributed by atoms with Crippen LogP contribution in [-0.4, -0.2) is 29.6 Å². The molecule has 0 bridgehead atoms. The zero-order valence-corrected chi connectivity index (χ0v) is 12.4. The summed E-state index contributed by atoms with van der Waals surface area (Å²) in [4.78, 5) is 22.9. The minimum atomic E-state index is -0.851. The van der Waals surface area contributed by atoms with E-state index in [0.29, 0.717) is 6.42 Å². The molecule has 0 aromatic heterocycles. The molecule has 0 aliphatic rings. The molecule has 0 heterocycles. The third-order valence-electron chi connectivity index (χ3n) is 2.64. The summed E-state index contributed by atoms with van der Waals surface area (Å²) in [5.74, 6) is -0.564. The summed E-state index contributed by atoms with van der Waals surface area (Å²) in [5.41, 5.74) is -0.851. The standard InChI is InChI=1S/C14H25NO4/c1-9(2)7-12(10(3)16)19-13(18)14(5,6)8-15-11(4)17/h9,12,16H,3,7-8H2,1-2,4-6H3,(H,15,17). The number of rotatable bonds is 7. The smallest absolute Gasteiger partial charge is 0.314 e. The minimum absolute atomic E-state index is 0.155. The Hall–Kier alpha value is -1.52. The number of aliphatic hydroxyl groups is 1. The van der Waals surface area contributed by atoms with Gasteiger partial charge in [0.25, 0.3) is 0 Å². The number of amides is 1. The van der Waals surface area contributed by atoms with Gasteiger partial charge in [-0.3, -0.25) is 9.59 Å². The zero-order valence-electron chi connectivity index (χ0n) is 12.4. The SMILES string of the molecule is C=C(O)C(CC(C)C)OC(=O)C(C)(C)CNC(C)=O. The van der Waals surface area contributed by atoms with Crippen LogP contribution in [0.25, 0.3) is 0 Å². The van der Waals surface area contributed by atoms with Crippen LogP contribution in [0.3, 0.4) is 0 Å². The van der Waals surface area contributed by atoms with Crippen LogP contribution in [0.1, 0.15) is 41.0 Å². The molecular formula is C14H25NO4. The van der Waals surface area contributed by atoms with E-state index in [1.807, 2.05) is 13.8 Å². The van der Waals surface area contributed by atoms with E-state index in [2.05, 4.69) is 11.9 Å². The summed E-state index contributed by atoms with van der Waals surface area (Å²) >= 11 is 0. The molecule has 1 amide bonds. The van der Waals surface area contributed by atoms with Crippen LogP contribution in [0.4, 0.5) is 0 Å². The highest BCUT2D eigenvalue weighted by Crippen LogP contribution is 2.21. The molecule has 110 valence electrons. The second-order valence-electron chi connectivity index (χ2n) is 5.81. The third-order valence-corrected chi connectivity index (χ3v) is 2.64. The Bertz CT molecular complexity index is 347. The van der Waals surface area contributed by atoms with Gasteiger partial charge in [0.05, 0.1) is 5.41 Å². The molecule has 19 heavy (non-hydrogen) atoms. The lowest BCUT2D eigenvalue weighted by atomic mass is 9.93. The molecule has 0 aliphatic carbocycles. The Morgan fingerprint density at radius 1 is 1.37 bits per heavy atom. The summed E-state index contributed by atoms with van der Waals surface area (Å²) < 4.78 is 5.28. The van der Waals surface area contributed by atoms with Gasteiger partial charge in [-0.05, 0) is 26.2 Å². The second-order valence-corrected chi connectivity index (χ2v) is 5.81. The van der Waals surface area contributed by atoms with E-state index in [1.165, 1.54) is 6.92 Å². The second kappa shape index (κ2) is 7.16. The van der Waals surface area contributed by atoms with Crippen molar-refractivity contribution in [2.24, 2.45) is 11.3 Å². The van der Waals surface area contributed by atoms with Crippen LogP contribution >= 0.6 is 0 Å². The number of nitrogens with one attached hydrogen (secondary N) is 1. The lowest BCUT2D eigenvalue weighted by Gasteiger charge is -2.26. The average molecular weight is 271 g/mol. The van der Waals surface area contributed by atoms with E-state index in [-0.39, 0.29) is 24.1 Å². The summed E-state index contributed by atoms with van der Waals surface area (Å²) in [7, 11) is 0. The Balaban J connectivity index is 4.61. The van der Waals surface area contributed by atoms with E-state index >= 15 is 0 Å². The molecule has 0 aliphatic heterocycles. The molecule has 0 spiro atoms. The minimum Gasteiger partial charge on any atom is -0.509 e. The van der Waals surface area contributed by atoms with Crippen molar-refractivity contribution in [2.75, 3.05) is 6.54 Å². The van der Waals surface area contributed by atoms with Crippen molar-refractivity contribution in [2.45, 2.75) is 47.1 Å². The zero-order chi connectivity index (χ0) is 15.2. The first-order chi connectivity index (χ1) is 8.56. The van der Waals surface area contributed by atoms with Gasteiger partial charge in [-0.1, -0.05) is 20.4 Å². The molecule has 1 atom stereocenters. The quantitative estimate of drug-likeness (QED) is 0.549. The summed E-state index contributed by atoms with van der Waals surface area (Å²) in [6.45, 7) is 12.3. The van der Waals surface area contributed by atoms with E-state index in [9.17, 15) is 14.7 Å². The number of hydrogen-bond donors (Lipinski definition) is 2. The summed E-state index contributed by atoms with van der Waals surface area (Å²) in [5, 5.41) is 12.0. The Morgan fingerprint density at radius 3 is 2.26 bits per heavy atom. The van der Waals surface area contributed by atoms with Gasteiger partial charge in [0, 0.05) is 13.5 Å². The molecule has 1 unspecified atom stereocenters. The van der Waals surface area contributed by atoms with Crippen molar-refractivity contribution >= 4 is 11.9 Å². The molecule has 5 nitrogen and oxygen atoms in total. The topological polar surface area (TPSA) is 75.6 Å². The maximum absolute atomic E-state index is 12.0. The number of ether oxygens (including phenoxy) is 1. The molecule has 5 heteroatoms. The molecule has 0 saturated heterocycles. The molecule has 0 aromatic rings. The van der Waals surface area contributed by atoms with Gasteiger partial charge in [-0.15, -0.1) is 0 Å². The number of carbonyl (C=O) groups excluding carboxylic acids is 2. The van der Waals surface area contributed by atoms with Crippen LogP contribution in [0.15, 0.2) is 12.3 Å². The fourth-order valence-electron chi connectivity index (χ4n) is 1.39. The third kappa shape index (κ3) is 6.84. The lowest BCUT2D eigenvalue weighted by molar-refractivity contribution is -0.159. The van der Waals surface area contributed by atoms with Gasteiger partial charge in [-0.25, -0.2) is 0 Å². The number of hydrogen-bond acceptors (Lipinski definition) is 4. The molecule has 0 aromatic carbocycles. The first-order valence-corrected chi connectivity index (χ1v) is 6.39. The van der Waals surface area contributed by atoms with Crippen molar-refractivity contribution < 1.29 is 19.4 Å². The summed E-state index contributed by atoms with van der Waals surface area (Å²) in [6, 6.07) is 0. The van der Waals surface area contributed by atoms with E-state index in [0.717, 1.165) is 0 Å². The monoisotopic (exact) mass is 271 g/mol. The van der Waals surface area contributed by atoms with Crippen molar-refractivity contribution in [1.29, 1.82) is 0 Å². The van der Waals surface area contributed by atoms with Gasteiger partial charge in [0.1, 0.15) is 5.76 Å². The Kier molecular flexibility index (Phi) is 6.59. The first kappa shape index (κ1) is 17.5. The predicted octanol–water partition coefficient (Wildman–Crippen LogP) is 2.18. The van der Waals surface area contributed by atoms with Crippen molar-refractivity contribution in [3.05, 3.63) is 12.3 Å². The van der Waals surface area contributed by atoms with Crippen LogP contribution < -0.4 is 5.32 Å². The number of carbonyl (C=O) groups is 2. The largest absolute Gasteiger partial charge is 0.509 e. The summed E-state index contributed by atoms with van der Waals surface area (Å²) in [6.07, 6.45) is -0.193. The van der Waals surface area contributed by atoms with Gasteiger partial charge in [0.2, 0.25) is 5.91 Å². The number of esters is 1. The van der Waals surface area contributed by atoms with Crippen LogP contribution in [-0.2, 0) is 14.3 Å². The number of aliphatic hydroxyl groups excluding tert-OH is 1. The molecule has 0 rings (SSSR count). The van der Waals surface area contributed by atoms with Gasteiger partial charge < -0.3 is 15.2 Å². The average Bonchev–Trinajstić information content (AvgIpc) is 2.24. The van der Waals surface area contributed by atoms with E-state index in [4.69, 9.17) is 4.74 Å². The molecule has 0 saturated carbocycles. The van der Waals surface area contributed by atoms with Crippen molar-refractivity contribution in [3.63, 3.8) is 0 Å². The predicted molar refractivity (Wildman–Crippen MR) is 73.6 cm³/mol. The highest BCUT2D eigenvalue weighted by molar-refractivity contribution is 5.78. The maximum atomic E-state index is 12.0. The van der Waals surface area contributed by atoms with E-state index in [1.54, 1.807) is 13.8 Å². The highest BCUT2D eigenvalue weighted by atomic mass is 16.6. The molecule has 0 radical (unpaired) electrons. The Labute approximate surface area is 115 Å². The molecular weight excluding hydrogens is 246 g/mol. The van der Waals surface area contributed by atoms with Crippen molar-refractivity contribution in [1.82, 2.24) is 5.32 Å². The van der Waals surface area contributed by atoms with Gasteiger partial charge in [0.15, 0.2) is 6.10 Å². The van der Waals surface area contributed by atoms with E-state index < -0.39 is 17.5 Å². The van der Waals surface area contributed by atoms with Crippen molar-refractivity contribution in [3.8, 4) is 0 Å². The lowest BCUT2D eigenvalue weighted by Crippen LogP contribution is -2.41.